The van der Waals surface area contributed by atoms with Crippen molar-refractivity contribution in [2.75, 3.05) is 32.0 Å². The van der Waals surface area contributed by atoms with Gasteiger partial charge in [0.1, 0.15) is 11.9 Å². The van der Waals surface area contributed by atoms with Gasteiger partial charge in [0.05, 0.1) is 16.5 Å². The number of hydrogen-bond donors (Lipinski definition) is 2. The molecule has 41 heavy (non-hydrogen) atoms. The summed E-state index contributed by atoms with van der Waals surface area (Å²) in [5, 5.41) is 5.34. The molecule has 214 valence electrons. The summed E-state index contributed by atoms with van der Waals surface area (Å²) in [7, 11) is 1.86. The summed E-state index contributed by atoms with van der Waals surface area (Å²) >= 11 is 0. The Morgan fingerprint density at radius 3 is 2.44 bits per heavy atom. The van der Waals surface area contributed by atoms with Crippen LogP contribution in [0.1, 0.15) is 63.9 Å². The molecule has 1 unspecified atom stereocenters. The van der Waals surface area contributed by atoms with Gasteiger partial charge < -0.3 is 10.2 Å². The highest BCUT2D eigenvalue weighted by atomic mass is 19.1. The predicted molar refractivity (Wildman–Crippen MR) is 146 cm³/mol. The van der Waals surface area contributed by atoms with E-state index in [1.165, 1.54) is 12.1 Å². The molecule has 0 radical (unpaired) electrons. The zero-order valence-corrected chi connectivity index (χ0v) is 22.9. The summed E-state index contributed by atoms with van der Waals surface area (Å²) < 4.78 is 15.1. The van der Waals surface area contributed by atoms with Crippen LogP contribution in [0.2, 0.25) is 0 Å². The number of nitrogens with zero attached hydrogens (tertiary/aromatic N) is 3. The molecule has 0 aromatic heterocycles. The summed E-state index contributed by atoms with van der Waals surface area (Å²) in [5.74, 6) is -2.36. The fraction of sp³-hybridized carbons (Fsp3) is 0.433. The second-order valence-electron chi connectivity index (χ2n) is 11.5. The van der Waals surface area contributed by atoms with E-state index in [0.29, 0.717) is 23.4 Å². The lowest BCUT2D eigenvalue weighted by atomic mass is 9.77. The van der Waals surface area contributed by atoms with Gasteiger partial charge in [0.2, 0.25) is 17.7 Å². The number of anilines is 1. The van der Waals surface area contributed by atoms with Crippen molar-refractivity contribution in [1.29, 1.82) is 0 Å². The summed E-state index contributed by atoms with van der Waals surface area (Å²) in [5.41, 5.74) is 1.76. The normalized spacial score (nSPS) is 22.5. The van der Waals surface area contributed by atoms with Crippen molar-refractivity contribution in [2.24, 2.45) is 5.41 Å². The van der Waals surface area contributed by atoms with Crippen molar-refractivity contribution in [3.63, 3.8) is 0 Å². The summed E-state index contributed by atoms with van der Waals surface area (Å²) in [4.78, 5) is 67.7. The SMILES string of the molecule is CN1CCC2(CCN(Cc3ccc(CNc4cccc5c4C(=O)N(C4CCC(=O)NC4=O)C5=O)cc3F)CC2)C1=O. The molecule has 1 atom stereocenters. The molecule has 10 nitrogen and oxygen atoms in total. The zero-order chi connectivity index (χ0) is 28.9. The highest BCUT2D eigenvalue weighted by Gasteiger charge is 2.47. The molecule has 0 aliphatic carbocycles. The first-order valence-electron chi connectivity index (χ1n) is 14.0. The van der Waals surface area contributed by atoms with Crippen LogP contribution in [-0.2, 0) is 27.5 Å². The van der Waals surface area contributed by atoms with Crippen LogP contribution in [0.5, 0.6) is 0 Å². The highest BCUT2D eigenvalue weighted by molar-refractivity contribution is 6.25. The fourth-order valence-electron chi connectivity index (χ4n) is 6.53. The fourth-order valence-corrected chi connectivity index (χ4v) is 6.53. The van der Waals surface area contributed by atoms with Crippen molar-refractivity contribution in [3.8, 4) is 0 Å². The topological polar surface area (TPSA) is 119 Å². The molecule has 6 rings (SSSR count). The maximum absolute atomic E-state index is 15.1. The van der Waals surface area contributed by atoms with E-state index < -0.39 is 29.7 Å². The third-order valence-electron chi connectivity index (χ3n) is 9.00. The maximum atomic E-state index is 15.1. The van der Waals surface area contributed by atoms with Gasteiger partial charge in [-0.3, -0.25) is 39.1 Å². The van der Waals surface area contributed by atoms with Crippen molar-refractivity contribution in [1.82, 2.24) is 20.0 Å². The minimum atomic E-state index is -1.04. The van der Waals surface area contributed by atoms with Gasteiger partial charge in [-0.25, -0.2) is 4.39 Å². The van der Waals surface area contributed by atoms with E-state index in [4.69, 9.17) is 0 Å². The van der Waals surface area contributed by atoms with Crippen molar-refractivity contribution in [3.05, 3.63) is 64.5 Å². The monoisotopic (exact) mass is 561 g/mol. The quantitative estimate of drug-likeness (QED) is 0.520. The van der Waals surface area contributed by atoms with Gasteiger partial charge in [0, 0.05) is 44.4 Å². The Bertz CT molecular complexity index is 1470. The summed E-state index contributed by atoms with van der Waals surface area (Å²) in [6.45, 7) is 3.00. The molecule has 3 fully saturated rings. The minimum Gasteiger partial charge on any atom is -0.380 e. The number of halogens is 1. The number of benzene rings is 2. The van der Waals surface area contributed by atoms with Crippen LogP contribution in [0.25, 0.3) is 0 Å². The molecule has 11 heteroatoms. The molecule has 2 aromatic rings. The minimum absolute atomic E-state index is 0.0479. The first kappa shape index (κ1) is 27.1. The Morgan fingerprint density at radius 2 is 1.76 bits per heavy atom. The van der Waals surface area contributed by atoms with Crippen LogP contribution in [0.15, 0.2) is 36.4 Å². The predicted octanol–water partition coefficient (Wildman–Crippen LogP) is 2.28. The Hall–Kier alpha value is -4.12. The van der Waals surface area contributed by atoms with Gasteiger partial charge in [-0.15, -0.1) is 0 Å². The van der Waals surface area contributed by atoms with Gasteiger partial charge >= 0.3 is 0 Å². The first-order chi connectivity index (χ1) is 19.7. The lowest BCUT2D eigenvalue weighted by Gasteiger charge is -2.37. The van der Waals surface area contributed by atoms with Crippen LogP contribution in [-0.4, -0.2) is 77.0 Å². The molecule has 4 aliphatic heterocycles. The van der Waals surface area contributed by atoms with Gasteiger partial charge in [-0.2, -0.15) is 0 Å². The molecule has 2 aromatic carbocycles. The summed E-state index contributed by atoms with van der Waals surface area (Å²) in [6, 6.07) is 8.86. The number of amides is 5. The zero-order valence-electron chi connectivity index (χ0n) is 22.9. The third kappa shape index (κ3) is 4.77. The number of hydrogen-bond acceptors (Lipinski definition) is 7. The van der Waals surface area contributed by atoms with Crippen LogP contribution in [0.3, 0.4) is 0 Å². The molecular weight excluding hydrogens is 529 g/mol. The van der Waals surface area contributed by atoms with Crippen molar-refractivity contribution >= 4 is 35.2 Å². The molecular formula is C30H32FN5O5. The lowest BCUT2D eigenvalue weighted by molar-refractivity contribution is -0.137. The molecule has 5 amide bonds. The first-order valence-corrected chi connectivity index (χ1v) is 14.0. The Balaban J connectivity index is 1.10. The average Bonchev–Trinajstić information content (AvgIpc) is 3.38. The van der Waals surface area contributed by atoms with E-state index in [1.807, 2.05) is 18.0 Å². The molecule has 3 saturated heterocycles. The number of carbonyl (C=O) groups is 5. The van der Waals surface area contributed by atoms with E-state index in [1.54, 1.807) is 18.2 Å². The number of carbonyl (C=O) groups excluding carboxylic acids is 5. The van der Waals surface area contributed by atoms with E-state index in [0.717, 1.165) is 43.8 Å². The van der Waals surface area contributed by atoms with Crippen molar-refractivity contribution < 1.29 is 28.4 Å². The highest BCUT2D eigenvalue weighted by Crippen LogP contribution is 2.41. The Morgan fingerprint density at radius 1 is 1.00 bits per heavy atom. The molecule has 1 spiro atoms. The van der Waals surface area contributed by atoms with Crippen molar-refractivity contribution in [2.45, 2.75) is 51.2 Å². The van der Waals surface area contributed by atoms with Gasteiger partial charge in [-0.05, 0) is 62.5 Å². The van der Waals surface area contributed by atoms with Gasteiger partial charge in [0.25, 0.3) is 11.8 Å². The Kier molecular flexibility index (Phi) is 6.85. The molecule has 0 saturated carbocycles. The number of likely N-dealkylation sites (tertiary alicyclic amines) is 2. The van der Waals surface area contributed by atoms with Crippen LogP contribution in [0, 0.1) is 11.2 Å². The molecule has 0 bridgehead atoms. The smallest absolute Gasteiger partial charge is 0.264 e. The van der Waals surface area contributed by atoms with Gasteiger partial charge in [-0.1, -0.05) is 18.2 Å². The van der Waals surface area contributed by atoms with E-state index in [-0.39, 0.29) is 47.7 Å². The lowest BCUT2D eigenvalue weighted by Crippen LogP contribution is -2.54. The van der Waals surface area contributed by atoms with Gasteiger partial charge in [0.15, 0.2) is 0 Å². The van der Waals surface area contributed by atoms with E-state index in [9.17, 15) is 24.0 Å². The standard InChI is InChI=1S/C30H32FN5O5/c1-34-12-9-30(29(34)41)10-13-35(14-11-30)17-19-6-5-18(15-21(19)31)16-32-22-4-2-3-20-25(22)28(40)36(27(20)39)23-7-8-24(37)33-26(23)38/h2-6,15,23,32H,7-14,16-17H2,1H3,(H,33,37,38). The summed E-state index contributed by atoms with van der Waals surface area (Å²) in [6.07, 6.45) is 2.61. The van der Waals surface area contributed by atoms with E-state index in [2.05, 4.69) is 15.5 Å². The molecule has 4 heterocycles. The maximum Gasteiger partial charge on any atom is 0.264 e. The number of nitrogens with one attached hydrogen (secondary N) is 2. The molecule has 4 aliphatic rings. The largest absolute Gasteiger partial charge is 0.380 e. The number of piperidine rings is 2. The second kappa shape index (κ2) is 10.4. The van der Waals surface area contributed by atoms with Crippen LogP contribution in [0.4, 0.5) is 10.1 Å². The number of rotatable bonds is 6. The number of fused-ring (bicyclic) bond motifs is 1. The number of imide groups is 2. The average molecular weight is 562 g/mol. The van der Waals surface area contributed by atoms with Crippen LogP contribution >= 0.6 is 0 Å². The molecule has 2 N–H and O–H groups in total. The van der Waals surface area contributed by atoms with Crippen LogP contribution < -0.4 is 10.6 Å². The third-order valence-corrected chi connectivity index (χ3v) is 9.00. The Labute approximate surface area is 236 Å². The van der Waals surface area contributed by atoms with E-state index >= 15 is 4.39 Å². The second-order valence-corrected chi connectivity index (χ2v) is 11.5.